The molecule has 6 nitrogen and oxygen atoms in total. The molecule has 0 radical (unpaired) electrons. The van der Waals surface area contributed by atoms with Crippen LogP contribution in [-0.2, 0) is 4.74 Å². The largest absolute Gasteiger partial charge is 0.385 e. The van der Waals surface area contributed by atoms with E-state index in [9.17, 15) is 9.18 Å². The maximum atomic E-state index is 13.3. The van der Waals surface area contributed by atoms with Gasteiger partial charge in [-0.05, 0) is 49.6 Å². The van der Waals surface area contributed by atoms with Crippen molar-refractivity contribution in [2.75, 3.05) is 20.3 Å². The number of methoxy groups -OCH3 is 1. The third-order valence-electron chi connectivity index (χ3n) is 4.63. The van der Waals surface area contributed by atoms with Gasteiger partial charge in [-0.15, -0.1) is 0 Å². The number of aromatic nitrogens is 2. The predicted octanol–water partition coefficient (Wildman–Crippen LogP) is 3.67. The summed E-state index contributed by atoms with van der Waals surface area (Å²) in [6, 6.07) is 7.76. The molecule has 0 spiro atoms. The van der Waals surface area contributed by atoms with Crippen LogP contribution in [0.4, 0.5) is 4.39 Å². The van der Waals surface area contributed by atoms with Crippen molar-refractivity contribution in [2.45, 2.75) is 25.2 Å². The van der Waals surface area contributed by atoms with Gasteiger partial charge in [0, 0.05) is 37.4 Å². The molecule has 0 unspecified atom stereocenters. The molecule has 1 fully saturated rings. The van der Waals surface area contributed by atoms with Crippen LogP contribution in [0, 0.1) is 5.82 Å². The molecular formula is C20H20FN3O3. The molecule has 7 heteroatoms. The minimum absolute atomic E-state index is 0.202. The fourth-order valence-electron chi connectivity index (χ4n) is 3.06. The van der Waals surface area contributed by atoms with E-state index < -0.39 is 0 Å². The van der Waals surface area contributed by atoms with Gasteiger partial charge in [0.2, 0.25) is 0 Å². The summed E-state index contributed by atoms with van der Waals surface area (Å²) in [5.41, 5.74) is 2.83. The second kappa shape index (κ2) is 7.44. The summed E-state index contributed by atoms with van der Waals surface area (Å²) in [7, 11) is 1.63. The molecule has 1 aliphatic rings. The Balaban J connectivity index is 1.75. The van der Waals surface area contributed by atoms with Gasteiger partial charge in [-0.2, -0.15) is 0 Å². The Labute approximate surface area is 155 Å². The van der Waals surface area contributed by atoms with Gasteiger partial charge >= 0.3 is 0 Å². The van der Waals surface area contributed by atoms with Gasteiger partial charge in [0.15, 0.2) is 0 Å². The number of carbonyl (C=O) groups is 1. The molecule has 0 aliphatic heterocycles. The molecule has 27 heavy (non-hydrogen) atoms. The van der Waals surface area contributed by atoms with E-state index in [0.717, 1.165) is 25.0 Å². The van der Waals surface area contributed by atoms with Gasteiger partial charge in [-0.25, -0.2) is 9.37 Å². The highest BCUT2D eigenvalue weighted by Gasteiger charge is 2.29. The molecule has 0 atom stereocenters. The lowest BCUT2D eigenvalue weighted by molar-refractivity contribution is 0.0950. The van der Waals surface area contributed by atoms with E-state index >= 15 is 0 Å². The number of fused-ring (bicyclic) bond motifs is 1. The van der Waals surface area contributed by atoms with Gasteiger partial charge < -0.3 is 14.6 Å². The van der Waals surface area contributed by atoms with Crippen LogP contribution in [0.5, 0.6) is 0 Å². The molecule has 1 N–H and O–H groups in total. The third-order valence-corrected chi connectivity index (χ3v) is 4.63. The van der Waals surface area contributed by atoms with Gasteiger partial charge in [0.05, 0.1) is 10.9 Å². The number of ether oxygens (including phenoxy) is 1. The monoisotopic (exact) mass is 369 g/mol. The normalized spacial score (nSPS) is 13.9. The van der Waals surface area contributed by atoms with Crippen molar-refractivity contribution >= 4 is 17.0 Å². The SMILES string of the molecule is COCCCNC(=O)c1cc(C2CC2)nc2onc(-c3ccc(F)cc3)c12. The summed E-state index contributed by atoms with van der Waals surface area (Å²) in [4.78, 5) is 17.4. The van der Waals surface area contributed by atoms with E-state index in [1.807, 2.05) is 6.07 Å². The number of rotatable bonds is 7. The molecule has 1 saturated carbocycles. The minimum atomic E-state index is -0.336. The zero-order chi connectivity index (χ0) is 18.8. The van der Waals surface area contributed by atoms with Crippen molar-refractivity contribution in [1.29, 1.82) is 0 Å². The molecular weight excluding hydrogens is 349 g/mol. The van der Waals surface area contributed by atoms with Gasteiger partial charge in [-0.1, -0.05) is 5.16 Å². The first-order valence-corrected chi connectivity index (χ1v) is 9.00. The summed E-state index contributed by atoms with van der Waals surface area (Å²) >= 11 is 0. The average Bonchev–Trinajstić information content (AvgIpc) is 3.45. The van der Waals surface area contributed by atoms with Crippen molar-refractivity contribution in [1.82, 2.24) is 15.5 Å². The fraction of sp³-hybridized carbons (Fsp3) is 0.350. The predicted molar refractivity (Wildman–Crippen MR) is 98.0 cm³/mol. The first-order valence-electron chi connectivity index (χ1n) is 9.00. The number of nitrogens with zero attached hydrogens (tertiary/aromatic N) is 2. The van der Waals surface area contributed by atoms with Crippen LogP contribution in [0.25, 0.3) is 22.4 Å². The van der Waals surface area contributed by atoms with E-state index in [2.05, 4.69) is 15.5 Å². The van der Waals surface area contributed by atoms with E-state index in [4.69, 9.17) is 9.26 Å². The molecule has 1 amide bonds. The highest BCUT2D eigenvalue weighted by Crippen LogP contribution is 2.41. The molecule has 1 aromatic carbocycles. The highest BCUT2D eigenvalue weighted by molar-refractivity contribution is 6.09. The van der Waals surface area contributed by atoms with Crippen LogP contribution in [0.2, 0.25) is 0 Å². The van der Waals surface area contributed by atoms with Crippen molar-refractivity contribution in [2.24, 2.45) is 0 Å². The average molecular weight is 369 g/mol. The van der Waals surface area contributed by atoms with Crippen LogP contribution in [0.15, 0.2) is 34.9 Å². The Morgan fingerprint density at radius 3 is 2.81 bits per heavy atom. The summed E-state index contributed by atoms with van der Waals surface area (Å²) in [6.07, 6.45) is 2.85. The maximum absolute atomic E-state index is 13.3. The van der Waals surface area contributed by atoms with Crippen LogP contribution in [0.3, 0.4) is 0 Å². The number of benzene rings is 1. The maximum Gasteiger partial charge on any atom is 0.259 e. The summed E-state index contributed by atoms with van der Waals surface area (Å²) in [6.45, 7) is 1.08. The topological polar surface area (TPSA) is 77.2 Å². The molecule has 1 aliphatic carbocycles. The number of hydrogen-bond acceptors (Lipinski definition) is 5. The Bertz CT molecular complexity index is 965. The Hall–Kier alpha value is -2.80. The molecule has 3 aromatic rings. The zero-order valence-corrected chi connectivity index (χ0v) is 15.0. The molecule has 140 valence electrons. The minimum Gasteiger partial charge on any atom is -0.385 e. The number of pyridine rings is 1. The summed E-state index contributed by atoms with van der Waals surface area (Å²) in [5, 5.41) is 7.57. The third kappa shape index (κ3) is 3.68. The van der Waals surface area contributed by atoms with Gasteiger partial charge in [-0.3, -0.25) is 4.79 Å². The molecule has 4 rings (SSSR count). The van der Waals surface area contributed by atoms with Crippen molar-refractivity contribution < 1.29 is 18.4 Å². The number of carbonyl (C=O) groups excluding carboxylic acids is 1. The van der Waals surface area contributed by atoms with Crippen LogP contribution in [0.1, 0.15) is 41.2 Å². The molecule has 2 heterocycles. The van der Waals surface area contributed by atoms with E-state index in [-0.39, 0.29) is 11.7 Å². The van der Waals surface area contributed by atoms with Crippen molar-refractivity contribution in [3.63, 3.8) is 0 Å². The van der Waals surface area contributed by atoms with Gasteiger partial charge in [0.1, 0.15) is 11.5 Å². The molecule has 0 bridgehead atoms. The van der Waals surface area contributed by atoms with E-state index in [1.54, 1.807) is 19.2 Å². The lowest BCUT2D eigenvalue weighted by Crippen LogP contribution is -2.25. The lowest BCUT2D eigenvalue weighted by atomic mass is 10.0. The second-order valence-corrected chi connectivity index (χ2v) is 6.69. The lowest BCUT2D eigenvalue weighted by Gasteiger charge is -2.08. The molecule has 2 aromatic heterocycles. The highest BCUT2D eigenvalue weighted by atomic mass is 19.1. The standard InChI is InChI=1S/C20H20FN3O3/c1-26-10-2-9-22-19(25)15-11-16(12-3-4-12)23-20-17(15)18(24-27-20)13-5-7-14(21)8-6-13/h5-8,11-12H,2-4,9-10H2,1H3,(H,22,25). The zero-order valence-electron chi connectivity index (χ0n) is 15.0. The summed E-state index contributed by atoms with van der Waals surface area (Å²) in [5.74, 6) is -0.169. The number of hydrogen-bond donors (Lipinski definition) is 1. The number of nitrogens with one attached hydrogen (secondary N) is 1. The van der Waals surface area contributed by atoms with E-state index in [1.165, 1.54) is 12.1 Å². The van der Waals surface area contributed by atoms with Crippen LogP contribution < -0.4 is 5.32 Å². The number of halogens is 1. The smallest absolute Gasteiger partial charge is 0.259 e. The first-order chi connectivity index (χ1) is 13.2. The van der Waals surface area contributed by atoms with E-state index in [0.29, 0.717) is 47.0 Å². The Kier molecular flexibility index (Phi) is 4.85. The quantitative estimate of drug-likeness (QED) is 0.643. The van der Waals surface area contributed by atoms with Crippen LogP contribution >= 0.6 is 0 Å². The Morgan fingerprint density at radius 1 is 1.33 bits per heavy atom. The van der Waals surface area contributed by atoms with Crippen molar-refractivity contribution in [3.8, 4) is 11.3 Å². The fourth-order valence-corrected chi connectivity index (χ4v) is 3.06. The summed E-state index contributed by atoms with van der Waals surface area (Å²) < 4.78 is 23.7. The van der Waals surface area contributed by atoms with Crippen LogP contribution in [-0.4, -0.2) is 36.3 Å². The number of amides is 1. The second-order valence-electron chi connectivity index (χ2n) is 6.69. The molecule has 0 saturated heterocycles. The van der Waals surface area contributed by atoms with Gasteiger partial charge in [0.25, 0.3) is 11.6 Å². The van der Waals surface area contributed by atoms with Crippen molar-refractivity contribution in [3.05, 3.63) is 47.4 Å². The Morgan fingerprint density at radius 2 is 2.11 bits per heavy atom. The first kappa shape index (κ1) is 17.6.